The summed E-state index contributed by atoms with van der Waals surface area (Å²) in [5.41, 5.74) is 1.25. The molecule has 0 aliphatic rings. The summed E-state index contributed by atoms with van der Waals surface area (Å²) >= 11 is 7.04. The maximum Gasteiger partial charge on any atom is 0.251 e. The van der Waals surface area contributed by atoms with Gasteiger partial charge in [-0.05, 0) is 43.3 Å². The van der Waals surface area contributed by atoms with Crippen LogP contribution in [0.5, 0.6) is 5.75 Å². The van der Waals surface area contributed by atoms with Crippen molar-refractivity contribution in [1.82, 2.24) is 15.5 Å². The van der Waals surface area contributed by atoms with E-state index in [0.29, 0.717) is 26.5 Å². The number of methoxy groups -OCH3 is 1. The molecule has 3 rings (SSSR count). The van der Waals surface area contributed by atoms with Crippen LogP contribution in [-0.2, 0) is 4.79 Å². The van der Waals surface area contributed by atoms with Gasteiger partial charge in [0.05, 0.1) is 7.11 Å². The lowest BCUT2D eigenvalue weighted by molar-refractivity contribution is -0.117. The van der Waals surface area contributed by atoms with Gasteiger partial charge in [-0.15, -0.1) is 10.2 Å². The first-order valence-electron chi connectivity index (χ1n) is 8.31. The Balaban J connectivity index is 1.62. The topological polar surface area (TPSA) is 93.2 Å². The lowest BCUT2D eigenvalue weighted by Crippen LogP contribution is -2.41. The van der Waals surface area contributed by atoms with Gasteiger partial charge in [0, 0.05) is 16.1 Å². The number of carbonyl (C=O) groups excluding carboxylic acids is 2. The number of benzene rings is 2. The molecule has 0 radical (unpaired) electrons. The van der Waals surface area contributed by atoms with Crippen molar-refractivity contribution in [2.24, 2.45) is 0 Å². The second kappa shape index (κ2) is 8.81. The Bertz CT molecular complexity index is 991. The number of anilines is 1. The van der Waals surface area contributed by atoms with Gasteiger partial charge in [0.25, 0.3) is 5.91 Å². The number of nitrogens with one attached hydrogen (secondary N) is 2. The number of aromatic nitrogens is 2. The molecule has 0 unspecified atom stereocenters. The van der Waals surface area contributed by atoms with Gasteiger partial charge < -0.3 is 10.1 Å². The van der Waals surface area contributed by atoms with Crippen LogP contribution in [0.3, 0.4) is 0 Å². The van der Waals surface area contributed by atoms with E-state index in [4.69, 9.17) is 16.3 Å². The second-order valence-electron chi connectivity index (χ2n) is 5.84. The Morgan fingerprint density at radius 1 is 1.14 bits per heavy atom. The molecule has 0 fully saturated rings. The molecule has 0 aliphatic heterocycles. The summed E-state index contributed by atoms with van der Waals surface area (Å²) in [6.45, 7) is 1.59. The Hall–Kier alpha value is -2.97. The molecule has 0 saturated carbocycles. The zero-order valence-corrected chi connectivity index (χ0v) is 16.7. The molecule has 2 aromatic carbocycles. The van der Waals surface area contributed by atoms with E-state index >= 15 is 0 Å². The van der Waals surface area contributed by atoms with Crippen molar-refractivity contribution in [1.29, 1.82) is 0 Å². The molecule has 9 heteroatoms. The van der Waals surface area contributed by atoms with Crippen molar-refractivity contribution in [2.45, 2.75) is 13.0 Å². The van der Waals surface area contributed by atoms with Crippen LogP contribution in [0.15, 0.2) is 48.5 Å². The molecule has 1 aromatic heterocycles. The average molecular weight is 417 g/mol. The van der Waals surface area contributed by atoms with Crippen molar-refractivity contribution < 1.29 is 14.3 Å². The zero-order chi connectivity index (χ0) is 20.1. The summed E-state index contributed by atoms with van der Waals surface area (Å²) in [5, 5.41) is 14.9. The van der Waals surface area contributed by atoms with Crippen molar-refractivity contribution in [3.8, 4) is 16.3 Å². The van der Waals surface area contributed by atoms with Gasteiger partial charge in [-0.25, -0.2) is 0 Å². The number of amides is 2. The number of ether oxygens (including phenoxy) is 1. The normalized spacial score (nSPS) is 11.5. The molecule has 1 atom stereocenters. The number of nitrogens with zero attached hydrogens (tertiary/aromatic N) is 2. The maximum absolute atomic E-state index is 12.4. The summed E-state index contributed by atoms with van der Waals surface area (Å²) in [4.78, 5) is 24.6. The van der Waals surface area contributed by atoms with E-state index in [1.807, 2.05) is 24.3 Å². The third-order valence-corrected chi connectivity index (χ3v) is 4.96. The molecule has 3 aromatic rings. The van der Waals surface area contributed by atoms with Crippen LogP contribution >= 0.6 is 22.9 Å². The third-order valence-electron chi connectivity index (χ3n) is 3.82. The minimum absolute atomic E-state index is 0.343. The van der Waals surface area contributed by atoms with E-state index in [1.165, 1.54) is 11.3 Å². The number of carbonyl (C=O) groups is 2. The molecule has 2 amide bonds. The van der Waals surface area contributed by atoms with Gasteiger partial charge in [-0.1, -0.05) is 35.1 Å². The first-order chi connectivity index (χ1) is 13.5. The molecule has 1 heterocycles. The Morgan fingerprint density at radius 2 is 1.89 bits per heavy atom. The summed E-state index contributed by atoms with van der Waals surface area (Å²) in [6.07, 6.45) is 0. The largest absolute Gasteiger partial charge is 0.497 e. The average Bonchev–Trinajstić information content (AvgIpc) is 3.17. The summed E-state index contributed by atoms with van der Waals surface area (Å²) in [7, 11) is 1.59. The van der Waals surface area contributed by atoms with Crippen LogP contribution < -0.4 is 15.4 Å². The fourth-order valence-corrected chi connectivity index (χ4v) is 3.18. The summed E-state index contributed by atoms with van der Waals surface area (Å²) < 4.78 is 5.20. The predicted octanol–water partition coefficient (Wildman–Crippen LogP) is 3.62. The first kappa shape index (κ1) is 19.8. The molecule has 0 saturated heterocycles. The van der Waals surface area contributed by atoms with E-state index in [2.05, 4.69) is 20.8 Å². The third kappa shape index (κ3) is 4.85. The van der Waals surface area contributed by atoms with E-state index in [-0.39, 0.29) is 5.91 Å². The van der Waals surface area contributed by atoms with Crippen LogP contribution in [0.1, 0.15) is 17.3 Å². The van der Waals surface area contributed by atoms with Gasteiger partial charge in [-0.2, -0.15) is 0 Å². The highest BCUT2D eigenvalue weighted by Gasteiger charge is 2.18. The minimum atomic E-state index is -0.757. The highest BCUT2D eigenvalue weighted by atomic mass is 35.5. The smallest absolute Gasteiger partial charge is 0.251 e. The van der Waals surface area contributed by atoms with Crippen LogP contribution in [0.4, 0.5) is 5.13 Å². The predicted molar refractivity (Wildman–Crippen MR) is 109 cm³/mol. The first-order valence-corrected chi connectivity index (χ1v) is 9.51. The van der Waals surface area contributed by atoms with E-state index in [1.54, 1.807) is 38.3 Å². The number of rotatable bonds is 6. The zero-order valence-electron chi connectivity index (χ0n) is 15.1. The van der Waals surface area contributed by atoms with Gasteiger partial charge in [0.2, 0.25) is 11.0 Å². The van der Waals surface area contributed by atoms with Crippen LogP contribution in [0.2, 0.25) is 5.02 Å². The minimum Gasteiger partial charge on any atom is -0.497 e. The van der Waals surface area contributed by atoms with Crippen molar-refractivity contribution in [3.63, 3.8) is 0 Å². The highest BCUT2D eigenvalue weighted by molar-refractivity contribution is 7.18. The number of hydrogen-bond donors (Lipinski definition) is 2. The monoisotopic (exact) mass is 416 g/mol. The van der Waals surface area contributed by atoms with Gasteiger partial charge in [-0.3, -0.25) is 14.9 Å². The Morgan fingerprint density at radius 3 is 2.61 bits per heavy atom. The maximum atomic E-state index is 12.4. The molecule has 28 heavy (non-hydrogen) atoms. The Kier molecular flexibility index (Phi) is 6.23. The van der Waals surface area contributed by atoms with Crippen molar-refractivity contribution in [2.75, 3.05) is 12.4 Å². The fourth-order valence-electron chi connectivity index (χ4n) is 2.31. The standard InChI is InChI=1S/C19H17ClN4O3S/c1-11(21-17(26)12-6-8-14(20)9-7-12)16(25)22-19-24-23-18(28-19)13-4-3-5-15(10-13)27-2/h3-11H,1-2H3,(H,21,26)(H,22,24,25)/t11-/m0/s1. The molecule has 2 N–H and O–H groups in total. The van der Waals surface area contributed by atoms with Crippen LogP contribution in [0.25, 0.3) is 10.6 Å². The SMILES string of the molecule is COc1cccc(-c2nnc(NC(=O)[C@H](C)NC(=O)c3ccc(Cl)cc3)s2)c1. The van der Waals surface area contributed by atoms with Crippen molar-refractivity contribution >= 4 is 39.9 Å². The van der Waals surface area contributed by atoms with Crippen LogP contribution in [0, 0.1) is 0 Å². The van der Waals surface area contributed by atoms with Gasteiger partial charge >= 0.3 is 0 Å². The van der Waals surface area contributed by atoms with E-state index in [0.717, 1.165) is 5.56 Å². The van der Waals surface area contributed by atoms with Crippen LogP contribution in [-0.4, -0.2) is 35.2 Å². The quantitative estimate of drug-likeness (QED) is 0.640. The van der Waals surface area contributed by atoms with Gasteiger partial charge in [0.15, 0.2) is 0 Å². The lowest BCUT2D eigenvalue weighted by atomic mass is 10.2. The Labute approximate surface area is 170 Å². The molecule has 0 spiro atoms. The molecule has 0 aliphatic carbocycles. The van der Waals surface area contributed by atoms with E-state index < -0.39 is 11.9 Å². The summed E-state index contributed by atoms with van der Waals surface area (Å²) in [5.74, 6) is -0.0545. The molecule has 7 nitrogen and oxygen atoms in total. The second-order valence-corrected chi connectivity index (χ2v) is 7.25. The lowest BCUT2D eigenvalue weighted by Gasteiger charge is -2.12. The van der Waals surface area contributed by atoms with E-state index in [9.17, 15) is 9.59 Å². The molecule has 0 bridgehead atoms. The number of halogens is 1. The molecular weight excluding hydrogens is 400 g/mol. The van der Waals surface area contributed by atoms with Gasteiger partial charge in [0.1, 0.15) is 16.8 Å². The molecular formula is C19H17ClN4O3S. The number of hydrogen-bond acceptors (Lipinski definition) is 6. The highest BCUT2D eigenvalue weighted by Crippen LogP contribution is 2.28. The van der Waals surface area contributed by atoms with Crippen molar-refractivity contribution in [3.05, 3.63) is 59.1 Å². The fraction of sp³-hybridized carbons (Fsp3) is 0.158. The summed E-state index contributed by atoms with van der Waals surface area (Å²) in [6, 6.07) is 13.0. The molecule has 144 valence electrons.